The Hall–Kier alpha value is -1.06. The number of ether oxygens (including phenoxy) is 1. The summed E-state index contributed by atoms with van der Waals surface area (Å²) in [6.45, 7) is 2.90. The quantitative estimate of drug-likeness (QED) is 0.786. The Balaban J connectivity index is 1.84. The molecule has 0 aliphatic carbocycles. The van der Waals surface area contributed by atoms with Crippen LogP contribution in [-0.2, 0) is 16.1 Å². The predicted molar refractivity (Wildman–Crippen MR) is 71.5 cm³/mol. The maximum Gasteiger partial charge on any atom is 0.305 e. The van der Waals surface area contributed by atoms with Crippen LogP contribution in [0.5, 0.6) is 0 Å². The second-order valence-electron chi connectivity index (χ2n) is 4.80. The molecule has 0 spiro atoms. The van der Waals surface area contributed by atoms with Gasteiger partial charge in [-0.15, -0.1) is 0 Å². The maximum atomic E-state index is 11.2. The minimum absolute atomic E-state index is 0.107. The Bertz CT molecular complexity index is 422. The van der Waals surface area contributed by atoms with Crippen molar-refractivity contribution in [3.05, 3.63) is 34.9 Å². The number of esters is 1. The molecule has 1 unspecified atom stereocenters. The number of carbonyl (C=O) groups is 1. The molecule has 2 rings (SSSR count). The van der Waals surface area contributed by atoms with Gasteiger partial charge in [-0.25, -0.2) is 0 Å². The summed E-state index contributed by atoms with van der Waals surface area (Å²) >= 11 is 5.97. The zero-order valence-electron chi connectivity index (χ0n) is 10.6. The molecule has 0 radical (unpaired) electrons. The van der Waals surface area contributed by atoms with Crippen LogP contribution in [0.3, 0.4) is 0 Å². The number of likely N-dealkylation sites (tertiary alicyclic amines) is 1. The van der Waals surface area contributed by atoms with Crippen molar-refractivity contribution in [1.82, 2.24) is 4.90 Å². The van der Waals surface area contributed by atoms with Gasteiger partial charge < -0.3 is 4.74 Å². The highest BCUT2D eigenvalue weighted by Crippen LogP contribution is 2.22. The molecule has 3 nitrogen and oxygen atoms in total. The van der Waals surface area contributed by atoms with Crippen LogP contribution in [-0.4, -0.2) is 31.1 Å². The van der Waals surface area contributed by atoms with Crippen molar-refractivity contribution >= 4 is 17.6 Å². The molecule has 1 atom stereocenters. The average molecular weight is 268 g/mol. The van der Waals surface area contributed by atoms with Gasteiger partial charge in [0.1, 0.15) is 0 Å². The summed E-state index contributed by atoms with van der Waals surface area (Å²) in [5.41, 5.74) is 1.22. The summed E-state index contributed by atoms with van der Waals surface area (Å²) in [6.07, 6.45) is 1.60. The van der Waals surface area contributed by atoms with E-state index in [9.17, 15) is 4.79 Å². The van der Waals surface area contributed by atoms with E-state index in [1.807, 2.05) is 18.2 Å². The van der Waals surface area contributed by atoms with Crippen LogP contribution in [0.4, 0.5) is 0 Å². The highest BCUT2D eigenvalue weighted by atomic mass is 35.5. The summed E-state index contributed by atoms with van der Waals surface area (Å²) in [7, 11) is 1.45. The van der Waals surface area contributed by atoms with Crippen molar-refractivity contribution in [1.29, 1.82) is 0 Å². The number of hydrogen-bond donors (Lipinski definition) is 0. The first kappa shape index (κ1) is 13.4. The fourth-order valence-electron chi connectivity index (χ4n) is 2.44. The molecule has 0 saturated carbocycles. The van der Waals surface area contributed by atoms with Gasteiger partial charge in [0.2, 0.25) is 0 Å². The Kier molecular flexibility index (Phi) is 4.61. The van der Waals surface area contributed by atoms with Gasteiger partial charge in [-0.2, -0.15) is 0 Å². The maximum absolute atomic E-state index is 11.2. The molecule has 1 aliphatic rings. The van der Waals surface area contributed by atoms with Crippen molar-refractivity contribution in [3.63, 3.8) is 0 Å². The number of carbonyl (C=O) groups excluding carboxylic acids is 1. The standard InChI is InChI=1S/C14H18ClNO2/c1-18-14(17)8-12-5-6-16(10-12)9-11-3-2-4-13(15)7-11/h2-4,7,12H,5-6,8-10H2,1H3. The summed E-state index contributed by atoms with van der Waals surface area (Å²) in [5, 5.41) is 0.776. The Morgan fingerprint density at radius 1 is 1.56 bits per heavy atom. The Labute approximate surface area is 113 Å². The fraction of sp³-hybridized carbons (Fsp3) is 0.500. The molecule has 0 aromatic heterocycles. The van der Waals surface area contributed by atoms with Crippen molar-refractivity contribution in [2.45, 2.75) is 19.4 Å². The van der Waals surface area contributed by atoms with Gasteiger partial charge in [0.25, 0.3) is 0 Å². The molecule has 0 amide bonds. The van der Waals surface area contributed by atoms with E-state index in [4.69, 9.17) is 16.3 Å². The van der Waals surface area contributed by atoms with Crippen molar-refractivity contribution in [2.75, 3.05) is 20.2 Å². The summed E-state index contributed by atoms with van der Waals surface area (Å²) in [4.78, 5) is 13.6. The normalized spacial score (nSPS) is 20.0. The van der Waals surface area contributed by atoms with Crippen LogP contribution in [0.25, 0.3) is 0 Å². The monoisotopic (exact) mass is 267 g/mol. The van der Waals surface area contributed by atoms with Gasteiger partial charge in [-0.05, 0) is 36.6 Å². The third kappa shape index (κ3) is 3.72. The third-order valence-electron chi connectivity index (χ3n) is 3.35. The largest absolute Gasteiger partial charge is 0.469 e. The van der Waals surface area contributed by atoms with Gasteiger partial charge in [-0.3, -0.25) is 9.69 Å². The second kappa shape index (κ2) is 6.21. The molecule has 4 heteroatoms. The highest BCUT2D eigenvalue weighted by molar-refractivity contribution is 6.30. The fourth-order valence-corrected chi connectivity index (χ4v) is 2.65. The van der Waals surface area contributed by atoms with Crippen LogP contribution in [0.1, 0.15) is 18.4 Å². The number of benzene rings is 1. The van der Waals surface area contributed by atoms with Crippen LogP contribution in [0.15, 0.2) is 24.3 Å². The molecule has 1 saturated heterocycles. The zero-order valence-corrected chi connectivity index (χ0v) is 11.3. The molecule has 1 aromatic carbocycles. The van der Waals surface area contributed by atoms with E-state index in [0.29, 0.717) is 12.3 Å². The number of nitrogens with zero attached hydrogens (tertiary/aromatic N) is 1. The number of methoxy groups -OCH3 is 1. The van der Waals surface area contributed by atoms with Crippen LogP contribution in [0.2, 0.25) is 5.02 Å². The van der Waals surface area contributed by atoms with Gasteiger partial charge in [0.15, 0.2) is 0 Å². The highest BCUT2D eigenvalue weighted by Gasteiger charge is 2.24. The molecule has 18 heavy (non-hydrogen) atoms. The lowest BCUT2D eigenvalue weighted by Crippen LogP contribution is -2.21. The molecule has 1 aliphatic heterocycles. The van der Waals surface area contributed by atoms with E-state index in [1.165, 1.54) is 12.7 Å². The minimum Gasteiger partial charge on any atom is -0.469 e. The second-order valence-corrected chi connectivity index (χ2v) is 5.24. The Morgan fingerprint density at radius 2 is 2.39 bits per heavy atom. The molecule has 1 heterocycles. The third-order valence-corrected chi connectivity index (χ3v) is 3.58. The lowest BCUT2D eigenvalue weighted by atomic mass is 10.1. The molecular formula is C14H18ClNO2. The van der Waals surface area contributed by atoms with Crippen LogP contribution >= 0.6 is 11.6 Å². The van der Waals surface area contributed by atoms with Crippen LogP contribution in [0, 0.1) is 5.92 Å². The van der Waals surface area contributed by atoms with E-state index in [1.54, 1.807) is 0 Å². The lowest BCUT2D eigenvalue weighted by molar-refractivity contribution is -0.141. The molecule has 0 bridgehead atoms. The van der Waals surface area contributed by atoms with E-state index >= 15 is 0 Å². The van der Waals surface area contributed by atoms with Crippen molar-refractivity contribution in [2.24, 2.45) is 5.92 Å². The minimum atomic E-state index is -0.107. The summed E-state index contributed by atoms with van der Waals surface area (Å²) in [5.74, 6) is 0.321. The predicted octanol–water partition coefficient (Wildman–Crippen LogP) is 2.73. The number of hydrogen-bond acceptors (Lipinski definition) is 3. The summed E-state index contributed by atoms with van der Waals surface area (Å²) in [6, 6.07) is 7.93. The zero-order chi connectivity index (χ0) is 13.0. The first-order chi connectivity index (χ1) is 8.67. The SMILES string of the molecule is COC(=O)CC1CCN(Cc2cccc(Cl)c2)C1. The first-order valence-corrected chi connectivity index (χ1v) is 6.59. The van der Waals surface area contributed by atoms with E-state index in [0.717, 1.165) is 31.1 Å². The molecule has 1 fully saturated rings. The number of rotatable bonds is 4. The van der Waals surface area contributed by atoms with Crippen LogP contribution < -0.4 is 0 Å². The average Bonchev–Trinajstić information content (AvgIpc) is 2.76. The van der Waals surface area contributed by atoms with E-state index in [-0.39, 0.29) is 5.97 Å². The van der Waals surface area contributed by atoms with Crippen molar-refractivity contribution < 1.29 is 9.53 Å². The topological polar surface area (TPSA) is 29.5 Å². The van der Waals surface area contributed by atoms with E-state index < -0.39 is 0 Å². The van der Waals surface area contributed by atoms with Gasteiger partial charge in [0, 0.05) is 24.5 Å². The van der Waals surface area contributed by atoms with Gasteiger partial charge >= 0.3 is 5.97 Å². The van der Waals surface area contributed by atoms with E-state index in [2.05, 4.69) is 11.0 Å². The summed E-state index contributed by atoms with van der Waals surface area (Å²) < 4.78 is 4.71. The molecule has 0 N–H and O–H groups in total. The number of halogens is 1. The van der Waals surface area contributed by atoms with Gasteiger partial charge in [0.05, 0.1) is 7.11 Å². The van der Waals surface area contributed by atoms with Gasteiger partial charge in [-0.1, -0.05) is 23.7 Å². The Morgan fingerprint density at radius 3 is 3.11 bits per heavy atom. The van der Waals surface area contributed by atoms with Crippen molar-refractivity contribution in [3.8, 4) is 0 Å². The smallest absolute Gasteiger partial charge is 0.305 e. The first-order valence-electron chi connectivity index (χ1n) is 6.21. The molecular weight excluding hydrogens is 250 g/mol. The lowest BCUT2D eigenvalue weighted by Gasteiger charge is -2.15. The molecule has 1 aromatic rings. The molecule has 98 valence electrons.